The van der Waals surface area contributed by atoms with E-state index in [0.717, 1.165) is 0 Å². The molecule has 0 heterocycles. The van der Waals surface area contributed by atoms with E-state index in [1.807, 2.05) is 0 Å². The third kappa shape index (κ3) is 1.50. The van der Waals surface area contributed by atoms with Crippen molar-refractivity contribution in [2.45, 2.75) is 31.8 Å². The number of hydrogen-bond donors (Lipinski definition) is 2. The minimum atomic E-state index is -0.807. The second kappa shape index (κ2) is 3.27. The number of allylic oxidation sites excluding steroid dienone is 1. The van der Waals surface area contributed by atoms with Crippen LogP contribution in [0.25, 0.3) is 0 Å². The van der Waals surface area contributed by atoms with Crippen LogP contribution in [0.3, 0.4) is 0 Å². The lowest BCUT2D eigenvalue weighted by atomic mass is 9.83. The van der Waals surface area contributed by atoms with E-state index in [1.54, 1.807) is 6.08 Å². The van der Waals surface area contributed by atoms with Crippen molar-refractivity contribution in [3.8, 4) is 0 Å². The Hall–Kier alpha value is -0.830. The number of carboxylic acid groups (broad SMARTS) is 1. The molecule has 2 unspecified atom stereocenters. The highest BCUT2D eigenvalue weighted by Gasteiger charge is 2.43. The van der Waals surface area contributed by atoms with Crippen LogP contribution in [0.1, 0.15) is 25.7 Å². The molecule has 0 amide bonds. The molecule has 68 valence electrons. The third-order valence-corrected chi connectivity index (χ3v) is 2.57. The normalized spacial score (nSPS) is 34.9. The minimum Gasteiger partial charge on any atom is -0.481 e. The molecule has 12 heavy (non-hydrogen) atoms. The summed E-state index contributed by atoms with van der Waals surface area (Å²) in [7, 11) is 0. The molecule has 1 rings (SSSR count). The lowest BCUT2D eigenvalue weighted by Crippen LogP contribution is -2.28. The number of carbonyl (C=O) groups is 1. The number of aliphatic hydroxyl groups excluding tert-OH is 1. The molecule has 3 nitrogen and oxygen atoms in total. The van der Waals surface area contributed by atoms with Gasteiger partial charge < -0.3 is 10.2 Å². The maximum absolute atomic E-state index is 10.9. The van der Waals surface area contributed by atoms with Crippen molar-refractivity contribution in [2.24, 2.45) is 5.41 Å². The molecule has 2 N–H and O–H groups in total. The van der Waals surface area contributed by atoms with E-state index in [-0.39, 0.29) is 0 Å². The lowest BCUT2D eigenvalue weighted by Gasteiger charge is -2.21. The monoisotopic (exact) mass is 170 g/mol. The van der Waals surface area contributed by atoms with E-state index in [2.05, 4.69) is 6.58 Å². The zero-order valence-electron chi connectivity index (χ0n) is 6.99. The Morgan fingerprint density at radius 2 is 2.42 bits per heavy atom. The molecule has 0 saturated heterocycles. The molecule has 2 atom stereocenters. The fraction of sp³-hybridized carbons (Fsp3) is 0.667. The molecule has 0 radical (unpaired) electrons. The largest absolute Gasteiger partial charge is 0.481 e. The molecule has 0 aromatic carbocycles. The first-order chi connectivity index (χ1) is 5.60. The Kier molecular flexibility index (Phi) is 2.52. The maximum Gasteiger partial charge on any atom is 0.310 e. The minimum absolute atomic E-state index is 0.369. The van der Waals surface area contributed by atoms with E-state index >= 15 is 0 Å². The molecule has 1 aliphatic rings. The molecule has 1 saturated carbocycles. The zero-order chi connectivity index (χ0) is 9.19. The maximum atomic E-state index is 10.9. The van der Waals surface area contributed by atoms with Gasteiger partial charge >= 0.3 is 5.97 Å². The van der Waals surface area contributed by atoms with Crippen LogP contribution in [0.2, 0.25) is 0 Å². The van der Waals surface area contributed by atoms with Crippen LogP contribution in [-0.2, 0) is 4.79 Å². The topological polar surface area (TPSA) is 57.5 Å². The first kappa shape index (κ1) is 9.26. The van der Waals surface area contributed by atoms with Crippen LogP contribution < -0.4 is 0 Å². The van der Waals surface area contributed by atoms with Gasteiger partial charge in [0.1, 0.15) is 0 Å². The fourth-order valence-electron chi connectivity index (χ4n) is 1.84. The predicted octanol–water partition coefficient (Wildman–Crippen LogP) is 1.18. The smallest absolute Gasteiger partial charge is 0.310 e. The molecule has 0 aliphatic heterocycles. The second-order valence-corrected chi connectivity index (χ2v) is 3.47. The van der Waals surface area contributed by atoms with E-state index in [9.17, 15) is 9.90 Å². The summed E-state index contributed by atoms with van der Waals surface area (Å²) in [4.78, 5) is 10.9. The Morgan fingerprint density at radius 1 is 1.75 bits per heavy atom. The van der Waals surface area contributed by atoms with Crippen LogP contribution in [-0.4, -0.2) is 22.3 Å². The van der Waals surface area contributed by atoms with Crippen LogP contribution in [0.4, 0.5) is 0 Å². The molecule has 0 spiro atoms. The second-order valence-electron chi connectivity index (χ2n) is 3.47. The summed E-state index contributed by atoms with van der Waals surface area (Å²) in [6.45, 7) is 3.53. The van der Waals surface area contributed by atoms with Gasteiger partial charge in [-0.2, -0.15) is 0 Å². The van der Waals surface area contributed by atoms with Crippen molar-refractivity contribution in [1.82, 2.24) is 0 Å². The summed E-state index contributed by atoms with van der Waals surface area (Å²) in [5.41, 5.74) is -0.735. The van der Waals surface area contributed by atoms with Gasteiger partial charge in [-0.15, -0.1) is 6.58 Å². The molecule has 0 aromatic heterocycles. The summed E-state index contributed by atoms with van der Waals surface area (Å²) >= 11 is 0. The first-order valence-corrected chi connectivity index (χ1v) is 4.13. The van der Waals surface area contributed by atoms with Gasteiger partial charge in [-0.05, 0) is 25.7 Å². The summed E-state index contributed by atoms with van der Waals surface area (Å²) in [6.07, 6.45) is 3.16. The van der Waals surface area contributed by atoms with Crippen LogP contribution >= 0.6 is 0 Å². The van der Waals surface area contributed by atoms with Gasteiger partial charge in [0.15, 0.2) is 0 Å². The van der Waals surface area contributed by atoms with E-state index < -0.39 is 17.5 Å². The van der Waals surface area contributed by atoms with Gasteiger partial charge in [0.25, 0.3) is 0 Å². The summed E-state index contributed by atoms with van der Waals surface area (Å²) in [5, 5.41) is 18.2. The Morgan fingerprint density at radius 3 is 2.75 bits per heavy atom. The summed E-state index contributed by atoms with van der Waals surface area (Å²) in [5.74, 6) is -0.807. The van der Waals surface area contributed by atoms with Gasteiger partial charge in [0.2, 0.25) is 0 Å². The number of aliphatic carboxylic acids is 1. The molecule has 0 aromatic rings. The van der Waals surface area contributed by atoms with Gasteiger partial charge in [-0.1, -0.05) is 6.08 Å². The van der Waals surface area contributed by atoms with Crippen LogP contribution in [0.15, 0.2) is 12.7 Å². The average Bonchev–Trinajstić information content (AvgIpc) is 2.34. The lowest BCUT2D eigenvalue weighted by molar-refractivity contribution is -0.148. The molecule has 0 bridgehead atoms. The molecule has 3 heteroatoms. The van der Waals surface area contributed by atoms with Crippen molar-refractivity contribution in [2.75, 3.05) is 0 Å². The number of carboxylic acids is 1. The quantitative estimate of drug-likeness (QED) is 0.625. The summed E-state index contributed by atoms with van der Waals surface area (Å²) in [6, 6.07) is 0. The molecule has 1 fully saturated rings. The number of hydrogen-bond acceptors (Lipinski definition) is 2. The highest BCUT2D eigenvalue weighted by molar-refractivity contribution is 5.75. The molecule has 1 aliphatic carbocycles. The predicted molar refractivity (Wildman–Crippen MR) is 44.7 cm³/mol. The Balaban J connectivity index is 2.74. The van der Waals surface area contributed by atoms with Gasteiger partial charge in [0.05, 0.1) is 11.5 Å². The third-order valence-electron chi connectivity index (χ3n) is 2.57. The van der Waals surface area contributed by atoms with E-state index in [4.69, 9.17) is 5.11 Å². The fourth-order valence-corrected chi connectivity index (χ4v) is 1.84. The SMILES string of the molecule is C=CCC1(C(=O)O)CCC(O)C1. The highest BCUT2D eigenvalue weighted by Crippen LogP contribution is 2.41. The van der Waals surface area contributed by atoms with E-state index in [1.165, 1.54) is 0 Å². The van der Waals surface area contributed by atoms with Gasteiger partial charge in [-0.3, -0.25) is 4.79 Å². The first-order valence-electron chi connectivity index (χ1n) is 4.13. The van der Waals surface area contributed by atoms with Gasteiger partial charge in [-0.25, -0.2) is 0 Å². The Labute approximate surface area is 71.7 Å². The van der Waals surface area contributed by atoms with Crippen molar-refractivity contribution >= 4 is 5.97 Å². The standard InChI is InChI=1S/C9H14O3/c1-2-4-9(8(11)12)5-3-7(10)6-9/h2,7,10H,1,3-6H2,(H,11,12). The summed E-state index contributed by atoms with van der Waals surface area (Å²) < 4.78 is 0. The van der Waals surface area contributed by atoms with Crippen molar-refractivity contribution in [3.05, 3.63) is 12.7 Å². The van der Waals surface area contributed by atoms with Crippen LogP contribution in [0, 0.1) is 5.41 Å². The Bertz CT molecular complexity index is 200. The molecular weight excluding hydrogens is 156 g/mol. The highest BCUT2D eigenvalue weighted by atomic mass is 16.4. The van der Waals surface area contributed by atoms with E-state index in [0.29, 0.717) is 25.7 Å². The van der Waals surface area contributed by atoms with Crippen molar-refractivity contribution in [1.29, 1.82) is 0 Å². The molecular formula is C9H14O3. The van der Waals surface area contributed by atoms with Gasteiger partial charge in [0, 0.05) is 0 Å². The van der Waals surface area contributed by atoms with Crippen LogP contribution in [0.5, 0.6) is 0 Å². The van der Waals surface area contributed by atoms with Crippen molar-refractivity contribution in [3.63, 3.8) is 0 Å². The number of rotatable bonds is 3. The van der Waals surface area contributed by atoms with Crippen molar-refractivity contribution < 1.29 is 15.0 Å². The zero-order valence-corrected chi connectivity index (χ0v) is 6.99. The average molecular weight is 170 g/mol. The number of aliphatic hydroxyl groups is 1.